The molecule has 0 aliphatic rings. The summed E-state index contributed by atoms with van der Waals surface area (Å²) in [6.45, 7) is 0.405. The Morgan fingerprint density at radius 1 is 1.03 bits per heavy atom. The topological polar surface area (TPSA) is 102 Å². The van der Waals surface area contributed by atoms with Gasteiger partial charge in [0.2, 0.25) is 0 Å². The van der Waals surface area contributed by atoms with E-state index in [1.807, 2.05) is 24.3 Å². The number of halogens is 1. The van der Waals surface area contributed by atoms with Gasteiger partial charge in [0.1, 0.15) is 11.3 Å². The lowest BCUT2D eigenvalue weighted by molar-refractivity contribution is 0.601. The second-order valence-electron chi connectivity index (χ2n) is 7.67. The molecule has 0 amide bonds. The Balaban J connectivity index is 1.65. The fourth-order valence-corrected chi connectivity index (χ4v) is 4.15. The standard InChI is InChI=1S/C24H19FN6O2S/c1-34(32,33)20-12-17(13-26-15-20)23-29-24(28-14-19-4-2-3-10-27-19)22-21(9-11-31(22)30-23)16-5-7-18(25)8-6-16/h2-13,15H,14H2,1H3,(H,28,29,30). The molecule has 10 heteroatoms. The third-order valence-electron chi connectivity index (χ3n) is 5.23. The van der Waals surface area contributed by atoms with Crippen molar-refractivity contribution in [3.63, 3.8) is 0 Å². The molecular weight excluding hydrogens is 455 g/mol. The van der Waals surface area contributed by atoms with Gasteiger partial charge < -0.3 is 5.32 Å². The van der Waals surface area contributed by atoms with E-state index in [-0.39, 0.29) is 10.7 Å². The van der Waals surface area contributed by atoms with Gasteiger partial charge >= 0.3 is 0 Å². The minimum Gasteiger partial charge on any atom is -0.363 e. The summed E-state index contributed by atoms with van der Waals surface area (Å²) in [4.78, 5) is 13.2. The molecule has 0 radical (unpaired) electrons. The van der Waals surface area contributed by atoms with E-state index in [2.05, 4.69) is 20.4 Å². The third kappa shape index (κ3) is 4.35. The first-order chi connectivity index (χ1) is 16.4. The number of sulfone groups is 1. The van der Waals surface area contributed by atoms with Gasteiger partial charge in [0.25, 0.3) is 0 Å². The number of benzene rings is 1. The Morgan fingerprint density at radius 3 is 2.59 bits per heavy atom. The van der Waals surface area contributed by atoms with Gasteiger partial charge in [-0.05, 0) is 42.0 Å². The van der Waals surface area contributed by atoms with E-state index < -0.39 is 9.84 Å². The molecule has 0 bridgehead atoms. The molecule has 0 fully saturated rings. The minimum atomic E-state index is -3.45. The maximum Gasteiger partial charge on any atom is 0.183 e. The number of fused-ring (bicyclic) bond motifs is 1. The Morgan fingerprint density at radius 2 is 1.85 bits per heavy atom. The number of pyridine rings is 2. The molecule has 1 aromatic carbocycles. The van der Waals surface area contributed by atoms with Crippen LogP contribution in [0.25, 0.3) is 28.0 Å². The van der Waals surface area contributed by atoms with Crippen LogP contribution in [0.4, 0.5) is 10.2 Å². The smallest absolute Gasteiger partial charge is 0.183 e. The molecule has 0 unspecified atom stereocenters. The third-order valence-corrected chi connectivity index (χ3v) is 6.31. The van der Waals surface area contributed by atoms with E-state index in [4.69, 9.17) is 4.98 Å². The highest BCUT2D eigenvalue weighted by Crippen LogP contribution is 2.31. The molecule has 5 aromatic rings. The predicted octanol–water partition coefficient (Wildman–Crippen LogP) is 4.01. The Kier molecular flexibility index (Phi) is 5.50. The number of nitrogens with one attached hydrogen (secondary N) is 1. The Labute approximate surface area is 195 Å². The van der Waals surface area contributed by atoms with Crippen molar-refractivity contribution in [3.05, 3.63) is 90.9 Å². The summed E-state index contributed by atoms with van der Waals surface area (Å²) in [5, 5.41) is 7.91. The monoisotopic (exact) mass is 474 g/mol. The highest BCUT2D eigenvalue weighted by atomic mass is 32.2. The number of aromatic nitrogens is 5. The van der Waals surface area contributed by atoms with Crippen LogP contribution >= 0.6 is 0 Å². The molecule has 170 valence electrons. The summed E-state index contributed by atoms with van der Waals surface area (Å²) in [6.07, 6.45) is 7.42. The molecule has 0 aliphatic heterocycles. The Bertz CT molecular complexity index is 1590. The van der Waals surface area contributed by atoms with E-state index in [1.165, 1.54) is 30.6 Å². The first-order valence-corrected chi connectivity index (χ1v) is 12.2. The van der Waals surface area contributed by atoms with Crippen molar-refractivity contribution in [3.8, 4) is 22.5 Å². The first kappa shape index (κ1) is 21.7. The van der Waals surface area contributed by atoms with Gasteiger partial charge in [0.15, 0.2) is 21.5 Å². The Hall–Kier alpha value is -4.18. The molecular formula is C24H19FN6O2S. The summed E-state index contributed by atoms with van der Waals surface area (Å²) in [5.41, 5.74) is 3.60. The van der Waals surface area contributed by atoms with Crippen molar-refractivity contribution in [1.29, 1.82) is 0 Å². The second-order valence-corrected chi connectivity index (χ2v) is 9.69. The van der Waals surface area contributed by atoms with Gasteiger partial charge in [0.05, 0.1) is 17.1 Å². The highest BCUT2D eigenvalue weighted by molar-refractivity contribution is 7.90. The second kappa shape index (κ2) is 8.64. The molecule has 0 saturated carbocycles. The average molecular weight is 475 g/mol. The molecule has 1 N–H and O–H groups in total. The number of nitrogens with zero attached hydrogens (tertiary/aromatic N) is 5. The maximum atomic E-state index is 13.5. The zero-order chi connectivity index (χ0) is 23.7. The van der Waals surface area contributed by atoms with E-state index >= 15 is 0 Å². The largest absolute Gasteiger partial charge is 0.363 e. The zero-order valence-corrected chi connectivity index (χ0v) is 18.9. The SMILES string of the molecule is CS(=O)(=O)c1cncc(-c2nc(NCc3ccccn3)c3c(-c4ccc(F)cc4)ccn3n2)c1. The predicted molar refractivity (Wildman–Crippen MR) is 126 cm³/mol. The summed E-state index contributed by atoms with van der Waals surface area (Å²) in [7, 11) is -3.45. The normalized spacial score (nSPS) is 11.6. The van der Waals surface area contributed by atoms with Crippen molar-refractivity contribution >= 4 is 21.2 Å². The van der Waals surface area contributed by atoms with Crippen LogP contribution in [0.5, 0.6) is 0 Å². The molecule has 5 rings (SSSR count). The first-order valence-electron chi connectivity index (χ1n) is 10.3. The van der Waals surface area contributed by atoms with Crippen LogP contribution in [-0.4, -0.2) is 39.2 Å². The number of hydrogen-bond donors (Lipinski definition) is 1. The summed E-state index contributed by atoms with van der Waals surface area (Å²) in [5.74, 6) is 0.498. The lowest BCUT2D eigenvalue weighted by atomic mass is 10.1. The van der Waals surface area contributed by atoms with Gasteiger partial charge in [-0.1, -0.05) is 18.2 Å². The van der Waals surface area contributed by atoms with E-state index in [9.17, 15) is 12.8 Å². The summed E-state index contributed by atoms with van der Waals surface area (Å²) in [6, 6.07) is 15.2. The number of anilines is 1. The molecule has 0 atom stereocenters. The highest BCUT2D eigenvalue weighted by Gasteiger charge is 2.17. The number of rotatable bonds is 6. The van der Waals surface area contributed by atoms with E-state index in [0.29, 0.717) is 29.3 Å². The van der Waals surface area contributed by atoms with Crippen LogP contribution in [0.2, 0.25) is 0 Å². The number of hydrogen-bond acceptors (Lipinski definition) is 7. The van der Waals surface area contributed by atoms with Gasteiger partial charge in [-0.2, -0.15) is 0 Å². The van der Waals surface area contributed by atoms with Gasteiger partial charge in [-0.25, -0.2) is 22.3 Å². The van der Waals surface area contributed by atoms with Crippen molar-refractivity contribution in [2.75, 3.05) is 11.6 Å². The molecule has 0 saturated heterocycles. The zero-order valence-electron chi connectivity index (χ0n) is 18.1. The van der Waals surface area contributed by atoms with Gasteiger partial charge in [-0.15, -0.1) is 5.10 Å². The summed E-state index contributed by atoms with van der Waals surface area (Å²) < 4.78 is 39.2. The van der Waals surface area contributed by atoms with E-state index in [1.54, 1.807) is 29.0 Å². The van der Waals surface area contributed by atoms with Crippen LogP contribution in [0.15, 0.2) is 84.3 Å². The van der Waals surface area contributed by atoms with Gasteiger partial charge in [-0.3, -0.25) is 9.97 Å². The molecule has 8 nitrogen and oxygen atoms in total. The maximum absolute atomic E-state index is 13.5. The average Bonchev–Trinajstić information content (AvgIpc) is 3.27. The van der Waals surface area contributed by atoms with Crippen LogP contribution in [0.1, 0.15) is 5.69 Å². The summed E-state index contributed by atoms with van der Waals surface area (Å²) >= 11 is 0. The lowest BCUT2D eigenvalue weighted by Crippen LogP contribution is -2.08. The molecule has 0 aliphatic carbocycles. The molecule has 4 aromatic heterocycles. The van der Waals surface area contributed by atoms with Crippen LogP contribution in [0, 0.1) is 5.82 Å². The van der Waals surface area contributed by atoms with Gasteiger partial charge in [0, 0.05) is 42.2 Å². The molecule has 4 heterocycles. The fraction of sp³-hybridized carbons (Fsp3) is 0.0833. The van der Waals surface area contributed by atoms with Crippen molar-refractivity contribution in [1.82, 2.24) is 24.6 Å². The van der Waals surface area contributed by atoms with Crippen LogP contribution in [-0.2, 0) is 16.4 Å². The van der Waals surface area contributed by atoms with E-state index in [0.717, 1.165) is 23.1 Å². The quantitative estimate of drug-likeness (QED) is 0.397. The molecule has 34 heavy (non-hydrogen) atoms. The van der Waals surface area contributed by atoms with Crippen molar-refractivity contribution in [2.45, 2.75) is 11.4 Å². The fourth-order valence-electron chi connectivity index (χ4n) is 3.55. The van der Waals surface area contributed by atoms with Crippen molar-refractivity contribution < 1.29 is 12.8 Å². The minimum absolute atomic E-state index is 0.0798. The molecule has 0 spiro atoms. The lowest BCUT2D eigenvalue weighted by Gasteiger charge is -2.12. The van der Waals surface area contributed by atoms with Crippen LogP contribution in [0.3, 0.4) is 0 Å². The van der Waals surface area contributed by atoms with Crippen LogP contribution < -0.4 is 5.32 Å². The van der Waals surface area contributed by atoms with Crippen molar-refractivity contribution in [2.24, 2.45) is 0 Å².